The van der Waals surface area contributed by atoms with Crippen molar-refractivity contribution in [2.75, 3.05) is 16.8 Å². The molecule has 0 aliphatic rings. The number of carbonyl (C=O) groups is 1. The van der Waals surface area contributed by atoms with E-state index in [2.05, 4.69) is 38.2 Å². The van der Waals surface area contributed by atoms with Crippen LogP contribution >= 0.6 is 0 Å². The zero-order valence-corrected chi connectivity index (χ0v) is 17.8. The number of nitrogens with one attached hydrogen (secondary N) is 1. The Hall–Kier alpha value is -3.47. The summed E-state index contributed by atoms with van der Waals surface area (Å²) in [6.45, 7) is 8.88. The summed E-state index contributed by atoms with van der Waals surface area (Å²) in [5.74, 6) is 1.58. The molecule has 0 atom stereocenters. The number of ether oxygens (including phenoxy) is 1. The molecule has 0 saturated carbocycles. The van der Waals surface area contributed by atoms with Gasteiger partial charge in [0.05, 0.1) is 0 Å². The third-order valence-electron chi connectivity index (χ3n) is 4.76. The number of phenolic OH excluding ortho intramolecular Hbond substituents is 1. The van der Waals surface area contributed by atoms with E-state index in [0.29, 0.717) is 23.7 Å². The number of benzene rings is 3. The second-order valence-corrected chi connectivity index (χ2v) is 8.10. The smallest absolute Gasteiger partial charge is 0.326 e. The van der Waals surface area contributed by atoms with Crippen LogP contribution < -0.4 is 15.0 Å². The van der Waals surface area contributed by atoms with E-state index in [1.54, 1.807) is 41.3 Å². The highest BCUT2D eigenvalue weighted by Crippen LogP contribution is 2.28. The molecule has 0 unspecified atom stereocenters. The Balaban J connectivity index is 1.64. The quantitative estimate of drug-likeness (QED) is 0.507. The van der Waals surface area contributed by atoms with Crippen molar-refractivity contribution in [1.29, 1.82) is 0 Å². The molecule has 3 aromatic carbocycles. The molecule has 0 aromatic heterocycles. The molecule has 3 rings (SSSR count). The van der Waals surface area contributed by atoms with Gasteiger partial charge in [0, 0.05) is 24.0 Å². The molecule has 0 bridgehead atoms. The third-order valence-corrected chi connectivity index (χ3v) is 4.76. The second kappa shape index (κ2) is 8.91. The van der Waals surface area contributed by atoms with Gasteiger partial charge in [-0.15, -0.1) is 0 Å². The number of carbonyl (C=O) groups excluding carboxylic acids is 1. The summed E-state index contributed by atoms with van der Waals surface area (Å²) in [6, 6.07) is 21.7. The Labute approximate surface area is 177 Å². The van der Waals surface area contributed by atoms with Crippen LogP contribution in [0.1, 0.15) is 33.3 Å². The van der Waals surface area contributed by atoms with Gasteiger partial charge in [0.25, 0.3) is 0 Å². The second-order valence-electron chi connectivity index (χ2n) is 8.10. The van der Waals surface area contributed by atoms with Gasteiger partial charge in [0.15, 0.2) is 0 Å². The molecule has 2 N–H and O–H groups in total. The Morgan fingerprint density at radius 3 is 2.10 bits per heavy atom. The Morgan fingerprint density at radius 1 is 0.967 bits per heavy atom. The zero-order valence-electron chi connectivity index (χ0n) is 17.8. The summed E-state index contributed by atoms with van der Waals surface area (Å²) in [5.41, 5.74) is 2.64. The van der Waals surface area contributed by atoms with Gasteiger partial charge in [-0.2, -0.15) is 0 Å². The van der Waals surface area contributed by atoms with Crippen molar-refractivity contribution in [3.05, 3.63) is 78.4 Å². The van der Waals surface area contributed by atoms with Gasteiger partial charge in [-0.25, -0.2) is 4.79 Å². The molecule has 3 aromatic rings. The van der Waals surface area contributed by atoms with Gasteiger partial charge in [0.1, 0.15) is 17.2 Å². The fourth-order valence-corrected chi connectivity index (χ4v) is 3.06. The van der Waals surface area contributed by atoms with Crippen LogP contribution in [0.3, 0.4) is 0 Å². The largest absolute Gasteiger partial charge is 0.508 e. The molecule has 0 fully saturated rings. The summed E-state index contributed by atoms with van der Waals surface area (Å²) >= 11 is 0. The van der Waals surface area contributed by atoms with Gasteiger partial charge in [-0.05, 0) is 66.4 Å². The van der Waals surface area contributed by atoms with E-state index in [4.69, 9.17) is 4.74 Å². The fraction of sp³-hybridized carbons (Fsp3) is 0.240. The van der Waals surface area contributed by atoms with Crippen molar-refractivity contribution in [2.45, 2.75) is 33.1 Å². The molecule has 0 heterocycles. The maximum atomic E-state index is 12.6. The van der Waals surface area contributed by atoms with E-state index in [1.165, 1.54) is 5.56 Å². The molecule has 5 nitrogen and oxygen atoms in total. The van der Waals surface area contributed by atoms with Crippen LogP contribution in [0.4, 0.5) is 16.2 Å². The van der Waals surface area contributed by atoms with Crippen LogP contribution in [-0.2, 0) is 5.41 Å². The summed E-state index contributed by atoms with van der Waals surface area (Å²) in [7, 11) is 0. The minimum Gasteiger partial charge on any atom is -0.508 e. The van der Waals surface area contributed by atoms with Crippen LogP contribution in [-0.4, -0.2) is 17.7 Å². The Kier molecular flexibility index (Phi) is 6.31. The van der Waals surface area contributed by atoms with Crippen molar-refractivity contribution in [2.24, 2.45) is 0 Å². The lowest BCUT2D eigenvalue weighted by atomic mass is 9.87. The highest BCUT2D eigenvalue weighted by molar-refractivity contribution is 6.01. The number of aromatic hydroxyl groups is 1. The van der Waals surface area contributed by atoms with Gasteiger partial charge in [0.2, 0.25) is 0 Å². The van der Waals surface area contributed by atoms with Gasteiger partial charge < -0.3 is 15.2 Å². The number of hydrogen-bond donors (Lipinski definition) is 2. The van der Waals surface area contributed by atoms with E-state index >= 15 is 0 Å². The maximum absolute atomic E-state index is 12.6. The first-order chi connectivity index (χ1) is 14.3. The van der Waals surface area contributed by atoms with Gasteiger partial charge in [-0.1, -0.05) is 39.0 Å². The van der Waals surface area contributed by atoms with Crippen molar-refractivity contribution in [3.63, 3.8) is 0 Å². The number of nitrogens with zero attached hydrogens (tertiary/aromatic N) is 1. The molecule has 30 heavy (non-hydrogen) atoms. The molecule has 0 aliphatic carbocycles. The van der Waals surface area contributed by atoms with Crippen LogP contribution in [0.2, 0.25) is 0 Å². The lowest BCUT2D eigenvalue weighted by Crippen LogP contribution is -2.34. The first-order valence-corrected chi connectivity index (χ1v) is 10.0. The van der Waals surface area contributed by atoms with Crippen molar-refractivity contribution < 1.29 is 14.6 Å². The highest BCUT2D eigenvalue weighted by Gasteiger charge is 2.15. The normalized spacial score (nSPS) is 11.1. The number of amides is 2. The standard InChI is InChI=1S/C25H28N2O3/c1-5-27(20-7-6-8-21(28)17-20)24(29)26-19-11-15-23(16-12-19)30-22-13-9-18(10-14-22)25(2,3)4/h6-17,28H,5H2,1-4H3,(H,26,29). The molecule has 0 saturated heterocycles. The van der Waals surface area contributed by atoms with Crippen LogP contribution in [0.15, 0.2) is 72.8 Å². The molecule has 0 spiro atoms. The van der Waals surface area contributed by atoms with Crippen LogP contribution in [0.25, 0.3) is 0 Å². The lowest BCUT2D eigenvalue weighted by Gasteiger charge is -2.21. The molecular formula is C25H28N2O3. The number of phenols is 1. The number of rotatable bonds is 5. The van der Waals surface area contributed by atoms with E-state index in [0.717, 1.165) is 5.75 Å². The van der Waals surface area contributed by atoms with E-state index < -0.39 is 0 Å². The minimum atomic E-state index is -0.269. The first-order valence-electron chi connectivity index (χ1n) is 10.0. The van der Waals surface area contributed by atoms with E-state index in [1.807, 2.05) is 31.2 Å². The molecule has 156 valence electrons. The van der Waals surface area contributed by atoms with Crippen molar-refractivity contribution in [3.8, 4) is 17.2 Å². The summed E-state index contributed by atoms with van der Waals surface area (Å²) in [5, 5.41) is 12.5. The van der Waals surface area contributed by atoms with Crippen LogP contribution in [0.5, 0.6) is 17.2 Å². The third kappa shape index (κ3) is 5.32. The van der Waals surface area contributed by atoms with Gasteiger partial charge >= 0.3 is 6.03 Å². The van der Waals surface area contributed by atoms with E-state index in [-0.39, 0.29) is 17.2 Å². The van der Waals surface area contributed by atoms with Crippen LogP contribution in [0, 0.1) is 0 Å². The number of anilines is 2. The van der Waals surface area contributed by atoms with Crippen molar-refractivity contribution in [1.82, 2.24) is 0 Å². The number of urea groups is 1. The summed E-state index contributed by atoms with van der Waals surface area (Å²) in [4.78, 5) is 14.2. The first kappa shape index (κ1) is 21.2. The van der Waals surface area contributed by atoms with Gasteiger partial charge in [-0.3, -0.25) is 4.90 Å². The van der Waals surface area contributed by atoms with E-state index in [9.17, 15) is 9.90 Å². The SMILES string of the molecule is CCN(C(=O)Nc1ccc(Oc2ccc(C(C)(C)C)cc2)cc1)c1cccc(O)c1. The minimum absolute atomic E-state index is 0.100. The Morgan fingerprint density at radius 2 is 1.57 bits per heavy atom. The molecular weight excluding hydrogens is 376 g/mol. The zero-order chi connectivity index (χ0) is 21.7. The highest BCUT2D eigenvalue weighted by atomic mass is 16.5. The predicted octanol–water partition coefficient (Wildman–Crippen LogP) is 6.54. The molecule has 5 heteroatoms. The molecule has 0 radical (unpaired) electrons. The summed E-state index contributed by atoms with van der Waals surface area (Å²) in [6.07, 6.45) is 0. The predicted molar refractivity (Wildman–Crippen MR) is 122 cm³/mol. The average Bonchev–Trinajstić information content (AvgIpc) is 2.70. The summed E-state index contributed by atoms with van der Waals surface area (Å²) < 4.78 is 5.91. The van der Waals surface area contributed by atoms with Crippen molar-refractivity contribution >= 4 is 17.4 Å². The maximum Gasteiger partial charge on any atom is 0.326 e. The molecule has 0 aliphatic heterocycles. The number of hydrogen-bond acceptors (Lipinski definition) is 3. The molecule has 2 amide bonds. The Bertz CT molecular complexity index is 990. The average molecular weight is 405 g/mol. The topological polar surface area (TPSA) is 61.8 Å². The fourth-order valence-electron chi connectivity index (χ4n) is 3.06. The monoisotopic (exact) mass is 404 g/mol. The lowest BCUT2D eigenvalue weighted by molar-refractivity contribution is 0.257.